The van der Waals surface area contributed by atoms with Crippen molar-refractivity contribution in [2.45, 2.75) is 10.9 Å². The van der Waals surface area contributed by atoms with Crippen molar-refractivity contribution >= 4 is 17.7 Å². The molecule has 22 heavy (non-hydrogen) atoms. The second kappa shape index (κ2) is 8.00. The Bertz CT molecular complexity index is 602. The topological polar surface area (TPSA) is 45.5 Å². The largest absolute Gasteiger partial charge is 0.468 e. The molecule has 4 nitrogen and oxygen atoms in total. The van der Waals surface area contributed by atoms with Crippen LogP contribution in [-0.4, -0.2) is 37.2 Å². The molecule has 1 N–H and O–H groups in total. The first kappa shape index (κ1) is 16.6. The predicted octanol–water partition coefficient (Wildman–Crippen LogP) is 2.93. The van der Waals surface area contributed by atoms with Crippen LogP contribution in [0.3, 0.4) is 0 Å². The molecule has 1 amide bonds. The highest BCUT2D eigenvalue weighted by Crippen LogP contribution is 2.21. The molecule has 0 aliphatic rings. The Morgan fingerprint density at radius 1 is 1.32 bits per heavy atom. The molecular formula is C16H19FN2O2S. The fourth-order valence-corrected chi connectivity index (χ4v) is 2.75. The molecule has 1 heterocycles. The molecule has 1 aromatic heterocycles. The maximum absolute atomic E-state index is 13.5. The maximum Gasteiger partial charge on any atom is 0.230 e. The van der Waals surface area contributed by atoms with E-state index in [1.165, 1.54) is 17.8 Å². The molecule has 1 atom stereocenters. The van der Waals surface area contributed by atoms with E-state index in [1.807, 2.05) is 31.1 Å². The van der Waals surface area contributed by atoms with Crippen LogP contribution >= 0.6 is 11.8 Å². The summed E-state index contributed by atoms with van der Waals surface area (Å²) in [5.41, 5.74) is 0. The number of rotatable bonds is 7. The average Bonchev–Trinajstić information content (AvgIpc) is 3.00. The fourth-order valence-electron chi connectivity index (χ4n) is 1.99. The minimum Gasteiger partial charge on any atom is -0.468 e. The van der Waals surface area contributed by atoms with E-state index in [1.54, 1.807) is 24.5 Å². The van der Waals surface area contributed by atoms with Gasteiger partial charge in [-0.1, -0.05) is 12.1 Å². The number of nitrogens with zero attached hydrogens (tertiary/aromatic N) is 1. The summed E-state index contributed by atoms with van der Waals surface area (Å²) in [7, 11) is 3.85. The molecule has 1 unspecified atom stereocenters. The first-order chi connectivity index (χ1) is 10.6. The summed E-state index contributed by atoms with van der Waals surface area (Å²) in [4.78, 5) is 14.4. The smallest absolute Gasteiger partial charge is 0.230 e. The number of benzene rings is 1. The quantitative estimate of drug-likeness (QED) is 0.796. The SMILES string of the molecule is CN(C)C(CNC(=O)CSc1ccccc1F)c1ccco1. The van der Waals surface area contributed by atoms with E-state index in [0.29, 0.717) is 11.4 Å². The van der Waals surface area contributed by atoms with Gasteiger partial charge >= 0.3 is 0 Å². The van der Waals surface area contributed by atoms with Crippen molar-refractivity contribution in [2.24, 2.45) is 0 Å². The molecule has 118 valence electrons. The lowest BCUT2D eigenvalue weighted by Crippen LogP contribution is -2.35. The second-order valence-corrected chi connectivity index (χ2v) is 6.04. The van der Waals surface area contributed by atoms with Crippen LogP contribution in [0.5, 0.6) is 0 Å². The van der Waals surface area contributed by atoms with Crippen LogP contribution < -0.4 is 5.32 Å². The van der Waals surface area contributed by atoms with Gasteiger partial charge in [-0.2, -0.15) is 0 Å². The van der Waals surface area contributed by atoms with Crippen LogP contribution in [0.4, 0.5) is 4.39 Å². The molecule has 0 spiro atoms. The Hall–Kier alpha value is -1.79. The van der Waals surface area contributed by atoms with Crippen LogP contribution in [0.1, 0.15) is 11.8 Å². The van der Waals surface area contributed by atoms with Crippen LogP contribution in [0, 0.1) is 5.82 Å². The van der Waals surface area contributed by atoms with Crippen molar-refractivity contribution in [1.82, 2.24) is 10.2 Å². The van der Waals surface area contributed by atoms with E-state index in [4.69, 9.17) is 4.42 Å². The molecular weight excluding hydrogens is 303 g/mol. The first-order valence-corrected chi connectivity index (χ1v) is 7.90. The lowest BCUT2D eigenvalue weighted by atomic mass is 10.2. The average molecular weight is 322 g/mol. The molecule has 2 rings (SSSR count). The number of amides is 1. The fraction of sp³-hybridized carbons (Fsp3) is 0.312. The van der Waals surface area contributed by atoms with E-state index >= 15 is 0 Å². The molecule has 2 aromatic rings. The number of carbonyl (C=O) groups excluding carboxylic acids is 1. The molecule has 0 aliphatic carbocycles. The van der Waals surface area contributed by atoms with Crippen LogP contribution in [0.15, 0.2) is 52.0 Å². The molecule has 1 aromatic carbocycles. The van der Waals surface area contributed by atoms with Gasteiger partial charge in [0.25, 0.3) is 0 Å². The molecule has 0 saturated carbocycles. The van der Waals surface area contributed by atoms with Crippen LogP contribution in [0.25, 0.3) is 0 Å². The summed E-state index contributed by atoms with van der Waals surface area (Å²) >= 11 is 1.19. The van der Waals surface area contributed by atoms with Crippen LogP contribution in [0.2, 0.25) is 0 Å². The lowest BCUT2D eigenvalue weighted by Gasteiger charge is -2.22. The van der Waals surface area contributed by atoms with Gasteiger partial charge in [-0.15, -0.1) is 11.8 Å². The van der Waals surface area contributed by atoms with E-state index in [0.717, 1.165) is 5.76 Å². The third kappa shape index (κ3) is 4.61. The summed E-state index contributed by atoms with van der Waals surface area (Å²) in [5.74, 6) is 0.542. The zero-order valence-electron chi connectivity index (χ0n) is 12.6. The standard InChI is InChI=1S/C16H19FN2O2S/c1-19(2)13(14-7-5-9-21-14)10-18-16(20)11-22-15-8-4-3-6-12(15)17/h3-9,13H,10-11H2,1-2H3,(H,18,20). The Morgan fingerprint density at radius 2 is 2.09 bits per heavy atom. The number of likely N-dealkylation sites (N-methyl/N-ethyl adjacent to an activating group) is 1. The third-order valence-corrected chi connectivity index (χ3v) is 4.23. The van der Waals surface area contributed by atoms with Gasteiger partial charge in [-0.05, 0) is 38.4 Å². The lowest BCUT2D eigenvalue weighted by molar-refractivity contribution is -0.118. The number of carbonyl (C=O) groups is 1. The van der Waals surface area contributed by atoms with Crippen molar-refractivity contribution in [2.75, 3.05) is 26.4 Å². The highest BCUT2D eigenvalue weighted by atomic mass is 32.2. The maximum atomic E-state index is 13.5. The number of nitrogens with one attached hydrogen (secondary N) is 1. The predicted molar refractivity (Wildman–Crippen MR) is 85.3 cm³/mol. The van der Waals surface area contributed by atoms with E-state index < -0.39 is 0 Å². The Labute approximate surface area is 133 Å². The Morgan fingerprint density at radius 3 is 2.73 bits per heavy atom. The molecule has 0 aliphatic heterocycles. The summed E-state index contributed by atoms with van der Waals surface area (Å²) in [6, 6.07) is 10.1. The number of hydrogen-bond acceptors (Lipinski definition) is 4. The van der Waals surface area contributed by atoms with Gasteiger partial charge in [0.1, 0.15) is 11.6 Å². The first-order valence-electron chi connectivity index (χ1n) is 6.92. The highest BCUT2D eigenvalue weighted by Gasteiger charge is 2.17. The number of halogens is 1. The molecule has 0 saturated heterocycles. The van der Waals surface area contributed by atoms with E-state index in [9.17, 15) is 9.18 Å². The minimum atomic E-state index is -0.304. The molecule has 0 fully saturated rings. The number of thioether (sulfide) groups is 1. The van der Waals surface area contributed by atoms with Gasteiger partial charge in [0.2, 0.25) is 5.91 Å². The number of hydrogen-bond donors (Lipinski definition) is 1. The van der Waals surface area contributed by atoms with Gasteiger partial charge in [-0.3, -0.25) is 9.69 Å². The molecule has 0 bridgehead atoms. The summed E-state index contributed by atoms with van der Waals surface area (Å²) in [6.07, 6.45) is 1.61. The minimum absolute atomic E-state index is 0.0302. The van der Waals surface area contributed by atoms with Crippen molar-refractivity contribution in [3.05, 3.63) is 54.2 Å². The number of furan rings is 1. The van der Waals surface area contributed by atoms with Gasteiger partial charge < -0.3 is 9.73 Å². The molecule has 6 heteroatoms. The zero-order valence-corrected chi connectivity index (χ0v) is 13.4. The van der Waals surface area contributed by atoms with Gasteiger partial charge in [0.05, 0.1) is 18.1 Å². The summed E-state index contributed by atoms with van der Waals surface area (Å²) in [6.45, 7) is 0.442. The third-order valence-electron chi connectivity index (χ3n) is 3.18. The summed E-state index contributed by atoms with van der Waals surface area (Å²) in [5, 5.41) is 2.86. The van der Waals surface area contributed by atoms with Crippen molar-refractivity contribution < 1.29 is 13.6 Å². The normalized spacial score (nSPS) is 12.4. The van der Waals surface area contributed by atoms with Crippen molar-refractivity contribution in [3.63, 3.8) is 0 Å². The highest BCUT2D eigenvalue weighted by molar-refractivity contribution is 8.00. The van der Waals surface area contributed by atoms with Gasteiger partial charge in [-0.25, -0.2) is 4.39 Å². The van der Waals surface area contributed by atoms with E-state index in [-0.39, 0.29) is 23.5 Å². The monoisotopic (exact) mass is 322 g/mol. The van der Waals surface area contributed by atoms with Crippen molar-refractivity contribution in [3.8, 4) is 0 Å². The van der Waals surface area contributed by atoms with Crippen LogP contribution in [-0.2, 0) is 4.79 Å². The summed E-state index contributed by atoms with van der Waals surface area (Å²) < 4.78 is 18.9. The Kier molecular flexibility index (Phi) is 6.03. The molecule has 0 radical (unpaired) electrons. The Balaban J connectivity index is 1.83. The van der Waals surface area contributed by atoms with Gasteiger partial charge in [0.15, 0.2) is 0 Å². The van der Waals surface area contributed by atoms with Crippen molar-refractivity contribution in [1.29, 1.82) is 0 Å². The second-order valence-electron chi connectivity index (χ2n) is 5.02. The van der Waals surface area contributed by atoms with E-state index in [2.05, 4.69) is 5.32 Å². The van der Waals surface area contributed by atoms with Gasteiger partial charge in [0, 0.05) is 11.4 Å². The zero-order chi connectivity index (χ0) is 15.9.